The average Bonchev–Trinajstić information content (AvgIpc) is 2.14. The summed E-state index contributed by atoms with van der Waals surface area (Å²) < 4.78 is 0.819. The largest absolute Gasteiger partial charge is 0.459 e. The lowest BCUT2D eigenvalue weighted by atomic mass is 10.9. The van der Waals surface area contributed by atoms with Gasteiger partial charge in [-0.05, 0) is 4.92 Å². The highest BCUT2D eigenvalue weighted by atomic mass is 16.6. The van der Waals surface area contributed by atoms with Gasteiger partial charge >= 0.3 is 11.6 Å². The van der Waals surface area contributed by atoms with Crippen LogP contribution < -0.4 is 5.69 Å². The summed E-state index contributed by atoms with van der Waals surface area (Å²) in [7, 11) is 1.27. The van der Waals surface area contributed by atoms with Crippen molar-refractivity contribution in [2.45, 2.75) is 0 Å². The summed E-state index contributed by atoms with van der Waals surface area (Å²) in [6, 6.07) is 0. The van der Waals surface area contributed by atoms with Gasteiger partial charge in [-0.2, -0.15) is 4.57 Å². The third kappa shape index (κ3) is 0.768. The second kappa shape index (κ2) is 1.94. The molecule has 0 aliphatic carbocycles. The molecule has 0 atom stereocenters. The molecule has 0 radical (unpaired) electrons. The summed E-state index contributed by atoms with van der Waals surface area (Å²) in [6.45, 7) is 0. The lowest BCUT2D eigenvalue weighted by Crippen LogP contribution is -2.13. The highest BCUT2D eigenvalue weighted by Gasteiger charge is 2.14. The van der Waals surface area contributed by atoms with Crippen molar-refractivity contribution < 1.29 is 4.92 Å². The van der Waals surface area contributed by atoms with Gasteiger partial charge in [0.15, 0.2) is 0 Å². The molecule has 0 saturated carbocycles. The van der Waals surface area contributed by atoms with E-state index in [-0.39, 0.29) is 0 Å². The molecule has 1 N–H and O–H groups in total. The van der Waals surface area contributed by atoms with E-state index in [1.807, 2.05) is 5.10 Å². The lowest BCUT2D eigenvalue weighted by Gasteiger charge is -1.88. The summed E-state index contributed by atoms with van der Waals surface area (Å²) in [5.74, 6) is -0.481. The molecular formula is C3H4N4O3. The second-order valence-corrected chi connectivity index (χ2v) is 1.64. The van der Waals surface area contributed by atoms with Crippen molar-refractivity contribution in [2.24, 2.45) is 7.05 Å². The van der Waals surface area contributed by atoms with Crippen LogP contribution in [0.2, 0.25) is 0 Å². The molecule has 0 saturated heterocycles. The molecule has 7 nitrogen and oxygen atoms in total. The summed E-state index contributed by atoms with van der Waals surface area (Å²) in [5, 5.41) is 15.1. The van der Waals surface area contributed by atoms with E-state index in [0.29, 0.717) is 0 Å². The van der Waals surface area contributed by atoms with Gasteiger partial charge in [-0.3, -0.25) is 0 Å². The number of aromatic amines is 1. The van der Waals surface area contributed by atoms with Crippen LogP contribution in [0.3, 0.4) is 0 Å². The van der Waals surface area contributed by atoms with Gasteiger partial charge in [0.1, 0.15) is 0 Å². The van der Waals surface area contributed by atoms with Crippen molar-refractivity contribution in [1.82, 2.24) is 14.8 Å². The van der Waals surface area contributed by atoms with Crippen LogP contribution in [0.1, 0.15) is 0 Å². The van der Waals surface area contributed by atoms with E-state index >= 15 is 0 Å². The van der Waals surface area contributed by atoms with Crippen LogP contribution >= 0.6 is 0 Å². The van der Waals surface area contributed by atoms with Crippen LogP contribution in [0, 0.1) is 10.1 Å². The maximum Gasteiger partial charge on any atom is 0.459 e. The number of H-pyrrole nitrogens is 1. The van der Waals surface area contributed by atoms with Crippen LogP contribution in [0.4, 0.5) is 5.95 Å². The van der Waals surface area contributed by atoms with Crippen LogP contribution in [0.15, 0.2) is 4.79 Å². The Kier molecular flexibility index (Phi) is 1.25. The Bertz CT molecular complexity index is 310. The first-order valence-corrected chi connectivity index (χ1v) is 2.38. The zero-order chi connectivity index (χ0) is 7.72. The Morgan fingerprint density at radius 2 is 2.40 bits per heavy atom. The standard InChI is InChI=1S/C3H4N4O3/c1-6-2(7(9)10)4-5-3(6)8/h1H3,(H,5,8). The van der Waals surface area contributed by atoms with Crippen molar-refractivity contribution in [3.05, 3.63) is 20.6 Å². The molecule has 0 aliphatic rings. The first kappa shape index (κ1) is 6.46. The minimum atomic E-state index is -0.738. The number of nitrogens with one attached hydrogen (secondary N) is 1. The molecule has 1 aromatic rings. The highest BCUT2D eigenvalue weighted by molar-refractivity contribution is 4.99. The van der Waals surface area contributed by atoms with Gasteiger partial charge in [-0.1, -0.05) is 0 Å². The maximum atomic E-state index is 10.5. The van der Waals surface area contributed by atoms with Crippen LogP contribution in [0.5, 0.6) is 0 Å². The predicted molar refractivity (Wildman–Crippen MR) is 30.5 cm³/mol. The molecule has 0 fully saturated rings. The molecule has 1 aromatic heterocycles. The molecule has 0 aromatic carbocycles. The van der Waals surface area contributed by atoms with Gasteiger partial charge in [0.2, 0.25) is 0 Å². The molecule has 0 amide bonds. The minimum Gasteiger partial charge on any atom is -0.390 e. The Morgan fingerprint density at radius 3 is 2.60 bits per heavy atom. The van der Waals surface area contributed by atoms with E-state index in [1.54, 1.807) is 0 Å². The number of rotatable bonds is 1. The summed E-state index contributed by atoms with van der Waals surface area (Å²) in [5.41, 5.74) is -0.591. The summed E-state index contributed by atoms with van der Waals surface area (Å²) >= 11 is 0. The number of aromatic nitrogens is 3. The van der Waals surface area contributed by atoms with E-state index in [2.05, 4.69) is 5.10 Å². The second-order valence-electron chi connectivity index (χ2n) is 1.64. The van der Waals surface area contributed by atoms with Crippen molar-refractivity contribution >= 4 is 5.95 Å². The molecule has 1 rings (SSSR count). The predicted octanol–water partition coefficient (Wildman–Crippen LogP) is -0.983. The number of nitro groups is 1. The van der Waals surface area contributed by atoms with Gasteiger partial charge in [-0.25, -0.2) is 4.79 Å². The fourth-order valence-corrected chi connectivity index (χ4v) is 0.502. The number of nitrogens with zero attached hydrogens (tertiary/aromatic N) is 3. The van der Waals surface area contributed by atoms with Gasteiger partial charge < -0.3 is 10.1 Å². The zero-order valence-electron chi connectivity index (χ0n) is 5.07. The van der Waals surface area contributed by atoms with Crippen LogP contribution in [-0.4, -0.2) is 19.7 Å². The fraction of sp³-hybridized carbons (Fsp3) is 0.333. The van der Waals surface area contributed by atoms with Gasteiger partial charge in [0, 0.05) is 5.10 Å². The number of hydrogen-bond acceptors (Lipinski definition) is 4. The molecule has 0 spiro atoms. The van der Waals surface area contributed by atoms with Gasteiger partial charge in [0.25, 0.3) is 0 Å². The molecule has 10 heavy (non-hydrogen) atoms. The molecule has 0 unspecified atom stereocenters. The van der Waals surface area contributed by atoms with Crippen LogP contribution in [-0.2, 0) is 7.05 Å². The Morgan fingerprint density at radius 1 is 1.80 bits per heavy atom. The third-order valence-corrected chi connectivity index (χ3v) is 1.02. The summed E-state index contributed by atoms with van der Waals surface area (Å²) in [6.07, 6.45) is 0. The average molecular weight is 144 g/mol. The van der Waals surface area contributed by atoms with E-state index in [9.17, 15) is 14.9 Å². The number of hydrogen-bond donors (Lipinski definition) is 1. The van der Waals surface area contributed by atoms with E-state index in [1.165, 1.54) is 7.05 Å². The normalized spacial score (nSPS) is 9.70. The molecule has 54 valence electrons. The Labute approximate surface area is 54.4 Å². The Balaban J connectivity index is 3.31. The zero-order valence-corrected chi connectivity index (χ0v) is 5.07. The van der Waals surface area contributed by atoms with Crippen molar-refractivity contribution in [3.8, 4) is 0 Å². The van der Waals surface area contributed by atoms with Gasteiger partial charge in [0.05, 0.1) is 7.05 Å². The topological polar surface area (TPSA) is 93.8 Å². The lowest BCUT2D eigenvalue weighted by molar-refractivity contribution is -0.396. The van der Waals surface area contributed by atoms with Crippen molar-refractivity contribution in [3.63, 3.8) is 0 Å². The van der Waals surface area contributed by atoms with E-state index < -0.39 is 16.6 Å². The SMILES string of the molecule is Cn1c([N+](=O)[O-])n[nH]c1=O. The monoisotopic (exact) mass is 144 g/mol. The molecule has 7 heteroatoms. The quantitative estimate of drug-likeness (QED) is 0.404. The minimum absolute atomic E-state index is 0.481. The molecule has 1 heterocycles. The summed E-state index contributed by atoms with van der Waals surface area (Å²) in [4.78, 5) is 19.7. The van der Waals surface area contributed by atoms with Crippen LogP contribution in [0.25, 0.3) is 0 Å². The third-order valence-electron chi connectivity index (χ3n) is 1.02. The van der Waals surface area contributed by atoms with Gasteiger partial charge in [-0.15, -0.1) is 5.10 Å². The molecule has 0 aliphatic heterocycles. The molecular weight excluding hydrogens is 140 g/mol. The highest BCUT2D eigenvalue weighted by Crippen LogP contribution is 1.96. The van der Waals surface area contributed by atoms with Crippen molar-refractivity contribution in [1.29, 1.82) is 0 Å². The Hall–Kier alpha value is -1.66. The first-order valence-electron chi connectivity index (χ1n) is 2.38. The fourth-order valence-electron chi connectivity index (χ4n) is 0.502. The smallest absolute Gasteiger partial charge is 0.390 e. The van der Waals surface area contributed by atoms with Crippen molar-refractivity contribution in [2.75, 3.05) is 0 Å². The maximum absolute atomic E-state index is 10.5. The van der Waals surface area contributed by atoms with E-state index in [0.717, 1.165) is 4.57 Å². The molecule has 0 bridgehead atoms. The van der Waals surface area contributed by atoms with E-state index in [4.69, 9.17) is 0 Å². The first-order chi connectivity index (χ1) is 4.63.